The summed E-state index contributed by atoms with van der Waals surface area (Å²) in [5.74, 6) is -0.0186. The number of hydrogen-bond donors (Lipinski definition) is 2. The van der Waals surface area contributed by atoms with E-state index < -0.39 is 10.0 Å². The number of carbonyl (C=O) groups excluding carboxylic acids is 1. The van der Waals surface area contributed by atoms with Crippen LogP contribution in [0.1, 0.15) is 32.6 Å². The van der Waals surface area contributed by atoms with E-state index in [2.05, 4.69) is 14.9 Å². The minimum Gasteiger partial charge on any atom is -0.495 e. The summed E-state index contributed by atoms with van der Waals surface area (Å²) in [7, 11) is -2.49. The largest absolute Gasteiger partial charge is 0.495 e. The van der Waals surface area contributed by atoms with Gasteiger partial charge >= 0.3 is 0 Å². The first-order valence-electron chi connectivity index (χ1n) is 9.83. The van der Waals surface area contributed by atoms with Crippen LogP contribution in [0.3, 0.4) is 0 Å². The van der Waals surface area contributed by atoms with E-state index in [1.165, 1.54) is 45.1 Å². The van der Waals surface area contributed by atoms with Crippen LogP contribution in [0.15, 0.2) is 41.3 Å². The Hall–Kier alpha value is -2.45. The number of methoxy groups -OCH3 is 1. The molecular weight excluding hydrogens is 426 g/mol. The minimum atomic E-state index is -3.91. The third-order valence-electron chi connectivity index (χ3n) is 4.94. The Labute approximate surface area is 182 Å². The summed E-state index contributed by atoms with van der Waals surface area (Å²) < 4.78 is 34.1. The lowest BCUT2D eigenvalue weighted by Gasteiger charge is -2.26. The van der Waals surface area contributed by atoms with Crippen molar-refractivity contribution in [1.82, 2.24) is 0 Å². The van der Waals surface area contributed by atoms with Crippen molar-refractivity contribution in [2.24, 2.45) is 0 Å². The molecule has 2 aromatic carbocycles. The van der Waals surface area contributed by atoms with E-state index in [0.717, 1.165) is 31.6 Å². The summed E-state index contributed by atoms with van der Waals surface area (Å²) in [4.78, 5) is 13.6. The van der Waals surface area contributed by atoms with Gasteiger partial charge in [-0.25, -0.2) is 8.42 Å². The number of nitrogens with one attached hydrogen (secondary N) is 2. The number of hydrogen-bond acceptors (Lipinski definition) is 5. The maximum Gasteiger partial charge on any atom is 0.262 e. The smallest absolute Gasteiger partial charge is 0.262 e. The Morgan fingerprint density at radius 2 is 1.73 bits per heavy atom. The van der Waals surface area contributed by atoms with E-state index in [9.17, 15) is 13.2 Å². The van der Waals surface area contributed by atoms with E-state index in [1.807, 2.05) is 6.07 Å². The molecule has 30 heavy (non-hydrogen) atoms. The van der Waals surface area contributed by atoms with Gasteiger partial charge in [0.05, 0.1) is 29.1 Å². The quantitative estimate of drug-likeness (QED) is 0.675. The normalized spacial score (nSPS) is 14.7. The van der Waals surface area contributed by atoms with Gasteiger partial charge in [-0.3, -0.25) is 9.52 Å². The molecule has 7 nitrogen and oxygen atoms in total. The van der Waals surface area contributed by atoms with Crippen LogP contribution in [0, 0.1) is 0 Å². The average molecular weight is 452 g/mol. The Morgan fingerprint density at radius 1 is 1.03 bits per heavy atom. The third-order valence-corrected chi connectivity index (χ3v) is 6.54. The summed E-state index contributed by atoms with van der Waals surface area (Å²) in [5, 5.41) is 3.06. The monoisotopic (exact) mass is 451 g/mol. The van der Waals surface area contributed by atoms with E-state index in [-0.39, 0.29) is 16.6 Å². The molecule has 1 fully saturated rings. The number of halogens is 1. The molecule has 0 aromatic heterocycles. The predicted molar refractivity (Wildman–Crippen MR) is 120 cm³/mol. The van der Waals surface area contributed by atoms with Crippen molar-refractivity contribution in [3.05, 3.63) is 41.4 Å². The van der Waals surface area contributed by atoms with Crippen LogP contribution in [-0.4, -0.2) is 34.5 Å². The van der Waals surface area contributed by atoms with Crippen molar-refractivity contribution in [3.63, 3.8) is 0 Å². The van der Waals surface area contributed by atoms with Gasteiger partial charge < -0.3 is 15.0 Å². The van der Waals surface area contributed by atoms with Gasteiger partial charge in [0.15, 0.2) is 0 Å². The Morgan fingerprint density at radius 3 is 2.37 bits per heavy atom. The second-order valence-corrected chi connectivity index (χ2v) is 9.33. The number of benzene rings is 2. The maximum absolute atomic E-state index is 13.1. The summed E-state index contributed by atoms with van der Waals surface area (Å²) in [6.45, 7) is 3.11. The lowest BCUT2D eigenvalue weighted by atomic mass is 10.2. The van der Waals surface area contributed by atoms with Crippen molar-refractivity contribution in [1.29, 1.82) is 0 Å². The molecule has 3 rings (SSSR count). The van der Waals surface area contributed by atoms with Crippen molar-refractivity contribution < 1.29 is 17.9 Å². The van der Waals surface area contributed by atoms with Gasteiger partial charge in [-0.05, 0) is 43.2 Å². The van der Waals surface area contributed by atoms with Crippen LogP contribution in [0.4, 0.5) is 17.1 Å². The molecule has 1 aliphatic rings. The van der Waals surface area contributed by atoms with Crippen LogP contribution in [-0.2, 0) is 14.8 Å². The highest BCUT2D eigenvalue weighted by Crippen LogP contribution is 2.34. The van der Waals surface area contributed by atoms with E-state index in [1.54, 1.807) is 12.1 Å². The summed E-state index contributed by atoms with van der Waals surface area (Å²) in [5.41, 5.74) is 1.65. The van der Waals surface area contributed by atoms with Gasteiger partial charge in [0.25, 0.3) is 10.0 Å². The predicted octanol–water partition coefficient (Wildman–Crippen LogP) is 4.49. The fourth-order valence-corrected chi connectivity index (χ4v) is 4.76. The summed E-state index contributed by atoms with van der Waals surface area (Å²) in [6.07, 6.45) is 4.48. The summed E-state index contributed by atoms with van der Waals surface area (Å²) in [6, 6.07) is 9.55. The second-order valence-electron chi connectivity index (χ2n) is 7.21. The van der Waals surface area contributed by atoms with Gasteiger partial charge in [-0.15, -0.1) is 0 Å². The minimum absolute atomic E-state index is 0.0234. The van der Waals surface area contributed by atoms with Crippen molar-refractivity contribution >= 4 is 44.6 Å². The van der Waals surface area contributed by atoms with Gasteiger partial charge in [0.1, 0.15) is 5.75 Å². The molecule has 0 spiro atoms. The molecule has 1 heterocycles. The van der Waals surface area contributed by atoms with Crippen LogP contribution in [0.5, 0.6) is 5.75 Å². The molecule has 1 saturated heterocycles. The van der Waals surface area contributed by atoms with Crippen LogP contribution < -0.4 is 19.7 Å². The van der Waals surface area contributed by atoms with E-state index in [0.29, 0.717) is 16.4 Å². The lowest BCUT2D eigenvalue weighted by molar-refractivity contribution is -0.114. The second kappa shape index (κ2) is 9.57. The Bertz CT molecular complexity index is 1020. The first-order valence-corrected chi connectivity index (χ1v) is 11.7. The highest BCUT2D eigenvalue weighted by Gasteiger charge is 2.21. The van der Waals surface area contributed by atoms with E-state index in [4.69, 9.17) is 16.3 Å². The SMILES string of the molecule is COc1cc(S(=O)(=O)Nc2cc(Cl)ccc2N2CCCCCC2)ccc1NC(C)=O. The van der Waals surface area contributed by atoms with Gasteiger partial charge in [-0.1, -0.05) is 24.4 Å². The topological polar surface area (TPSA) is 87.7 Å². The molecule has 0 atom stereocenters. The molecule has 162 valence electrons. The average Bonchev–Trinajstić information content (AvgIpc) is 2.97. The Balaban J connectivity index is 1.93. The van der Waals surface area contributed by atoms with Crippen molar-refractivity contribution in [2.75, 3.05) is 35.1 Å². The van der Waals surface area contributed by atoms with Crippen LogP contribution in [0.25, 0.3) is 0 Å². The third kappa shape index (κ3) is 5.37. The number of nitrogens with zero attached hydrogens (tertiary/aromatic N) is 1. The summed E-state index contributed by atoms with van der Waals surface area (Å²) >= 11 is 6.17. The fourth-order valence-electron chi connectivity index (χ4n) is 3.51. The number of sulfonamides is 1. The van der Waals surface area contributed by atoms with Gasteiger partial charge in [0, 0.05) is 31.1 Å². The number of carbonyl (C=O) groups is 1. The van der Waals surface area contributed by atoms with Crippen LogP contribution in [0.2, 0.25) is 5.02 Å². The molecule has 1 amide bonds. The lowest BCUT2D eigenvalue weighted by Crippen LogP contribution is -2.25. The molecule has 2 aromatic rings. The standard InChI is InChI=1S/C21H26ClN3O4S/c1-15(26)23-18-9-8-17(14-21(18)29-2)30(27,28)24-19-13-16(22)7-10-20(19)25-11-5-3-4-6-12-25/h7-10,13-14,24H,3-6,11-12H2,1-2H3,(H,23,26). The maximum atomic E-state index is 13.1. The molecular formula is C21H26ClN3O4S. The zero-order valence-electron chi connectivity index (χ0n) is 17.1. The number of anilines is 3. The molecule has 0 bridgehead atoms. The zero-order chi connectivity index (χ0) is 21.7. The number of amides is 1. The molecule has 0 radical (unpaired) electrons. The number of ether oxygens (including phenoxy) is 1. The first kappa shape index (κ1) is 22.2. The van der Waals surface area contributed by atoms with Crippen molar-refractivity contribution in [2.45, 2.75) is 37.5 Å². The molecule has 2 N–H and O–H groups in total. The van der Waals surface area contributed by atoms with Crippen molar-refractivity contribution in [3.8, 4) is 5.75 Å². The molecule has 0 saturated carbocycles. The molecule has 0 aliphatic carbocycles. The van der Waals surface area contributed by atoms with Crippen LogP contribution >= 0.6 is 11.6 Å². The zero-order valence-corrected chi connectivity index (χ0v) is 18.6. The molecule has 9 heteroatoms. The Kier molecular flexibility index (Phi) is 7.10. The highest BCUT2D eigenvalue weighted by molar-refractivity contribution is 7.92. The molecule has 1 aliphatic heterocycles. The van der Waals surface area contributed by atoms with Gasteiger partial charge in [0.2, 0.25) is 5.91 Å². The highest BCUT2D eigenvalue weighted by atomic mass is 35.5. The first-order chi connectivity index (χ1) is 14.3. The van der Waals surface area contributed by atoms with E-state index >= 15 is 0 Å². The number of rotatable bonds is 6. The van der Waals surface area contributed by atoms with Gasteiger partial charge in [-0.2, -0.15) is 0 Å². The molecule has 0 unspecified atom stereocenters. The fraction of sp³-hybridized carbons (Fsp3) is 0.381.